The first-order valence-corrected chi connectivity index (χ1v) is 3.80. The Labute approximate surface area is 76.6 Å². The summed E-state index contributed by atoms with van der Waals surface area (Å²) in [6.07, 6.45) is 0. The van der Waals surface area contributed by atoms with E-state index in [9.17, 15) is 13.6 Å². The minimum atomic E-state index is -1.23. The van der Waals surface area contributed by atoms with Crippen molar-refractivity contribution in [3.63, 3.8) is 0 Å². The Kier molecular flexibility index (Phi) is 1.73. The Bertz CT molecular complexity index is 562. The largest absolute Gasteiger partial charge is 0.501 e. The molecule has 0 saturated carbocycles. The summed E-state index contributed by atoms with van der Waals surface area (Å²) in [5.74, 6) is -3.16. The number of pyridine rings is 1. The lowest BCUT2D eigenvalue weighted by Gasteiger charge is -2.01. The van der Waals surface area contributed by atoms with Crippen LogP contribution in [0.15, 0.2) is 23.0 Å². The van der Waals surface area contributed by atoms with E-state index in [1.54, 1.807) is 0 Å². The molecule has 0 radical (unpaired) electrons. The molecule has 0 bridgehead atoms. The fourth-order valence-electron chi connectivity index (χ4n) is 1.25. The number of aromatic hydroxyl groups is 1. The number of aromatic nitrogens is 1. The maximum Gasteiger partial charge on any atom is 0.293 e. The summed E-state index contributed by atoms with van der Waals surface area (Å²) < 4.78 is 26.3. The van der Waals surface area contributed by atoms with Crippen molar-refractivity contribution in [2.75, 3.05) is 0 Å². The molecule has 3 nitrogen and oxygen atoms in total. The molecule has 72 valence electrons. The van der Waals surface area contributed by atoms with E-state index in [-0.39, 0.29) is 5.52 Å². The molecule has 0 saturated heterocycles. The summed E-state index contributed by atoms with van der Waals surface area (Å²) in [5, 5.41) is 8.53. The predicted octanol–water partition coefficient (Wildman–Crippen LogP) is 1.51. The summed E-state index contributed by atoms with van der Waals surface area (Å²) in [6, 6.07) is 3.73. The Balaban J connectivity index is 3.07. The lowest BCUT2D eigenvalue weighted by molar-refractivity contribution is 0.426. The quantitative estimate of drug-likeness (QED) is 0.672. The van der Waals surface area contributed by atoms with Gasteiger partial charge in [-0.2, -0.15) is 0 Å². The molecule has 2 rings (SSSR count). The average Bonchev–Trinajstić information content (AvgIpc) is 2.14. The van der Waals surface area contributed by atoms with Crippen LogP contribution in [0.3, 0.4) is 0 Å². The number of benzene rings is 1. The van der Waals surface area contributed by atoms with Gasteiger partial charge in [0, 0.05) is 0 Å². The molecule has 0 unspecified atom stereocenters. The molecule has 2 N–H and O–H groups in total. The van der Waals surface area contributed by atoms with Gasteiger partial charge in [-0.25, -0.2) is 8.78 Å². The second-order valence-corrected chi connectivity index (χ2v) is 2.78. The number of nitrogens with one attached hydrogen (secondary N) is 1. The molecule has 0 fully saturated rings. The van der Waals surface area contributed by atoms with Crippen LogP contribution in [0.25, 0.3) is 10.9 Å². The molecule has 0 aliphatic carbocycles. The maximum atomic E-state index is 13.2. The molecule has 1 aromatic heterocycles. The predicted molar refractivity (Wildman–Crippen MR) is 46.1 cm³/mol. The number of hydrogen-bond acceptors (Lipinski definition) is 2. The molecule has 0 amide bonds. The number of rotatable bonds is 0. The Morgan fingerprint density at radius 2 is 2.00 bits per heavy atom. The molecule has 0 atom stereocenters. The summed E-state index contributed by atoms with van der Waals surface area (Å²) in [7, 11) is 0. The number of aromatic amines is 1. The van der Waals surface area contributed by atoms with Crippen molar-refractivity contribution in [1.82, 2.24) is 4.98 Å². The summed E-state index contributed by atoms with van der Waals surface area (Å²) in [4.78, 5) is 13.1. The van der Waals surface area contributed by atoms with E-state index < -0.39 is 28.3 Å². The number of hydrogen-bond donors (Lipinski definition) is 2. The summed E-state index contributed by atoms with van der Waals surface area (Å²) in [5.41, 5.74) is -0.953. The third-order valence-corrected chi connectivity index (χ3v) is 1.90. The Morgan fingerprint density at radius 1 is 1.29 bits per heavy atom. The summed E-state index contributed by atoms with van der Waals surface area (Å²) >= 11 is 0. The van der Waals surface area contributed by atoms with E-state index in [0.29, 0.717) is 0 Å². The second kappa shape index (κ2) is 2.80. The third-order valence-electron chi connectivity index (χ3n) is 1.90. The highest BCUT2D eigenvalue weighted by Crippen LogP contribution is 2.22. The van der Waals surface area contributed by atoms with Gasteiger partial charge in [0.1, 0.15) is 5.82 Å². The van der Waals surface area contributed by atoms with Gasteiger partial charge in [0.2, 0.25) is 5.75 Å². The zero-order chi connectivity index (χ0) is 10.3. The standard InChI is InChI=1S/C9H5F2NO2/c10-4-2-1-3-5-6(4)7(11)8(13)9(14)12-5/h1-3,13H,(H,12,14). The van der Waals surface area contributed by atoms with E-state index in [4.69, 9.17) is 5.11 Å². The molecular weight excluding hydrogens is 192 g/mol. The molecular formula is C9H5F2NO2. The van der Waals surface area contributed by atoms with Crippen molar-refractivity contribution in [2.24, 2.45) is 0 Å². The van der Waals surface area contributed by atoms with Crippen molar-refractivity contribution < 1.29 is 13.9 Å². The van der Waals surface area contributed by atoms with E-state index in [1.165, 1.54) is 12.1 Å². The smallest absolute Gasteiger partial charge is 0.293 e. The van der Waals surface area contributed by atoms with Crippen LogP contribution in [0.2, 0.25) is 0 Å². The van der Waals surface area contributed by atoms with Gasteiger partial charge in [0.05, 0.1) is 10.9 Å². The first-order chi connectivity index (χ1) is 6.61. The second-order valence-electron chi connectivity index (χ2n) is 2.78. The minimum Gasteiger partial charge on any atom is -0.501 e. The van der Waals surface area contributed by atoms with Crippen LogP contribution in [0, 0.1) is 11.6 Å². The van der Waals surface area contributed by atoms with Crippen molar-refractivity contribution in [2.45, 2.75) is 0 Å². The first kappa shape index (κ1) is 8.68. The molecule has 2 aromatic rings. The average molecular weight is 197 g/mol. The zero-order valence-electron chi connectivity index (χ0n) is 6.84. The number of H-pyrrole nitrogens is 1. The van der Waals surface area contributed by atoms with Crippen LogP contribution < -0.4 is 5.56 Å². The van der Waals surface area contributed by atoms with Gasteiger partial charge in [-0.05, 0) is 12.1 Å². The monoisotopic (exact) mass is 197 g/mol. The van der Waals surface area contributed by atoms with Crippen LogP contribution in [-0.4, -0.2) is 10.1 Å². The van der Waals surface area contributed by atoms with E-state index in [1.807, 2.05) is 0 Å². The van der Waals surface area contributed by atoms with Gasteiger partial charge in [-0.15, -0.1) is 0 Å². The first-order valence-electron chi connectivity index (χ1n) is 3.80. The molecule has 14 heavy (non-hydrogen) atoms. The highest BCUT2D eigenvalue weighted by molar-refractivity contribution is 5.80. The summed E-state index contributed by atoms with van der Waals surface area (Å²) in [6.45, 7) is 0. The molecule has 0 aliphatic heterocycles. The van der Waals surface area contributed by atoms with Gasteiger partial charge >= 0.3 is 0 Å². The number of halogens is 2. The van der Waals surface area contributed by atoms with Crippen LogP contribution in [0.5, 0.6) is 5.75 Å². The van der Waals surface area contributed by atoms with Crippen LogP contribution in [0.1, 0.15) is 0 Å². The highest BCUT2D eigenvalue weighted by Gasteiger charge is 2.13. The van der Waals surface area contributed by atoms with Crippen LogP contribution in [0.4, 0.5) is 8.78 Å². The fraction of sp³-hybridized carbons (Fsp3) is 0. The van der Waals surface area contributed by atoms with E-state index >= 15 is 0 Å². The van der Waals surface area contributed by atoms with E-state index in [2.05, 4.69) is 4.98 Å². The van der Waals surface area contributed by atoms with Gasteiger partial charge in [0.15, 0.2) is 5.82 Å². The third kappa shape index (κ3) is 1.06. The fourth-order valence-corrected chi connectivity index (χ4v) is 1.25. The van der Waals surface area contributed by atoms with Gasteiger partial charge in [0.25, 0.3) is 5.56 Å². The molecule has 0 aliphatic rings. The highest BCUT2D eigenvalue weighted by atomic mass is 19.1. The van der Waals surface area contributed by atoms with Crippen LogP contribution in [-0.2, 0) is 0 Å². The molecule has 1 heterocycles. The maximum absolute atomic E-state index is 13.2. The van der Waals surface area contributed by atoms with Crippen molar-refractivity contribution in [1.29, 1.82) is 0 Å². The lowest BCUT2D eigenvalue weighted by atomic mass is 10.2. The molecule has 5 heteroatoms. The van der Waals surface area contributed by atoms with Crippen molar-refractivity contribution in [3.05, 3.63) is 40.2 Å². The topological polar surface area (TPSA) is 53.1 Å². The lowest BCUT2D eigenvalue weighted by Crippen LogP contribution is -2.07. The van der Waals surface area contributed by atoms with E-state index in [0.717, 1.165) is 6.07 Å². The van der Waals surface area contributed by atoms with Crippen LogP contribution >= 0.6 is 0 Å². The van der Waals surface area contributed by atoms with Crippen molar-refractivity contribution >= 4 is 10.9 Å². The van der Waals surface area contributed by atoms with Gasteiger partial charge in [-0.3, -0.25) is 4.79 Å². The minimum absolute atomic E-state index is 0.0188. The van der Waals surface area contributed by atoms with Gasteiger partial charge < -0.3 is 10.1 Å². The Morgan fingerprint density at radius 3 is 2.71 bits per heavy atom. The van der Waals surface area contributed by atoms with Gasteiger partial charge in [-0.1, -0.05) is 6.07 Å². The molecule has 1 aromatic carbocycles. The molecule has 0 spiro atoms. The zero-order valence-corrected chi connectivity index (χ0v) is 6.84. The SMILES string of the molecule is O=c1[nH]c2cccc(F)c2c(F)c1O. The number of fused-ring (bicyclic) bond motifs is 1. The normalized spacial score (nSPS) is 10.7. The Hall–Kier alpha value is -1.91. The van der Waals surface area contributed by atoms with Crippen molar-refractivity contribution in [3.8, 4) is 5.75 Å².